The SMILES string of the molecule is C=CC(=O)N1CCc2nc(-c3nc(-c4ccc5c(c4)CCN(C(=O)OC(C)(C)C)C5)c4ccsc4c3-c3ccc(F)cc3OCCOC)sc2C1. The number of carbonyl (C=O) groups excluding carboxylic acids is 2. The van der Waals surface area contributed by atoms with Crippen LogP contribution >= 0.6 is 22.7 Å². The van der Waals surface area contributed by atoms with E-state index in [0.717, 1.165) is 53.6 Å². The van der Waals surface area contributed by atoms with E-state index in [1.807, 2.05) is 26.2 Å². The molecule has 0 bridgehead atoms. The number of carbonyl (C=O) groups is 2. The zero-order valence-corrected chi connectivity index (χ0v) is 30.7. The van der Waals surface area contributed by atoms with Gasteiger partial charge in [0, 0.05) is 70.9 Å². The van der Waals surface area contributed by atoms with Crippen molar-refractivity contribution in [3.05, 3.63) is 88.0 Å². The summed E-state index contributed by atoms with van der Waals surface area (Å²) in [5.41, 5.74) is 6.56. The molecule has 5 heterocycles. The van der Waals surface area contributed by atoms with Gasteiger partial charge in [0.2, 0.25) is 5.91 Å². The van der Waals surface area contributed by atoms with Crippen LogP contribution in [0, 0.1) is 5.82 Å². The van der Waals surface area contributed by atoms with E-state index in [0.29, 0.717) is 62.6 Å². The van der Waals surface area contributed by atoms with Crippen LogP contribution in [0.3, 0.4) is 0 Å². The second kappa shape index (κ2) is 14.2. The Bertz CT molecular complexity index is 2150. The highest BCUT2D eigenvalue weighted by molar-refractivity contribution is 7.18. The molecule has 0 radical (unpaired) electrons. The predicted molar refractivity (Wildman–Crippen MR) is 199 cm³/mol. The van der Waals surface area contributed by atoms with Crippen molar-refractivity contribution in [2.75, 3.05) is 33.4 Å². The Morgan fingerprint density at radius 1 is 0.980 bits per heavy atom. The summed E-state index contributed by atoms with van der Waals surface area (Å²) in [7, 11) is 1.59. The van der Waals surface area contributed by atoms with Crippen LogP contribution in [0.1, 0.15) is 42.5 Å². The summed E-state index contributed by atoms with van der Waals surface area (Å²) in [6.45, 7) is 11.9. The smallest absolute Gasteiger partial charge is 0.410 e. The van der Waals surface area contributed by atoms with Crippen molar-refractivity contribution in [3.8, 4) is 38.8 Å². The number of thiazole rings is 1. The maximum Gasteiger partial charge on any atom is 0.410 e. The molecule has 3 aromatic heterocycles. The van der Waals surface area contributed by atoms with Gasteiger partial charge < -0.3 is 24.0 Å². The zero-order valence-electron chi connectivity index (χ0n) is 29.1. The van der Waals surface area contributed by atoms with Crippen LogP contribution in [0.4, 0.5) is 9.18 Å². The third-order valence-electron chi connectivity index (χ3n) is 8.93. The van der Waals surface area contributed by atoms with E-state index < -0.39 is 11.4 Å². The van der Waals surface area contributed by atoms with Gasteiger partial charge in [-0.15, -0.1) is 22.7 Å². The number of fused-ring (bicyclic) bond motifs is 3. The van der Waals surface area contributed by atoms with Gasteiger partial charge in [0.15, 0.2) is 0 Å². The summed E-state index contributed by atoms with van der Waals surface area (Å²) in [4.78, 5) is 40.4. The number of halogens is 1. The summed E-state index contributed by atoms with van der Waals surface area (Å²) in [5.74, 6) is -0.122. The minimum absolute atomic E-state index is 0.109. The Kier molecular flexibility index (Phi) is 9.66. The maximum absolute atomic E-state index is 14.7. The Balaban J connectivity index is 1.36. The van der Waals surface area contributed by atoms with E-state index in [9.17, 15) is 14.0 Å². The van der Waals surface area contributed by atoms with E-state index in [2.05, 4.69) is 30.8 Å². The first kappa shape index (κ1) is 34.8. The molecule has 2 aliphatic heterocycles. The number of nitrogens with zero attached hydrogens (tertiary/aromatic N) is 4. The van der Waals surface area contributed by atoms with Gasteiger partial charge in [0.05, 0.1) is 24.5 Å². The molecule has 5 aromatic rings. The van der Waals surface area contributed by atoms with Crippen molar-refractivity contribution < 1.29 is 28.2 Å². The molecule has 7 rings (SSSR count). The van der Waals surface area contributed by atoms with Crippen LogP contribution in [0.2, 0.25) is 0 Å². The summed E-state index contributed by atoms with van der Waals surface area (Å²) in [6, 6.07) is 13.0. The summed E-state index contributed by atoms with van der Waals surface area (Å²) < 4.78 is 32.6. The fourth-order valence-corrected chi connectivity index (χ4v) is 8.58. The Morgan fingerprint density at radius 2 is 1.80 bits per heavy atom. The van der Waals surface area contributed by atoms with Gasteiger partial charge in [-0.05, 0) is 74.0 Å². The molecule has 0 N–H and O–H groups in total. The first-order chi connectivity index (χ1) is 24.5. The molecular formula is C39H39FN4O5S2. The number of hydrogen-bond acceptors (Lipinski definition) is 9. The lowest BCUT2D eigenvalue weighted by Crippen LogP contribution is -2.39. The monoisotopic (exact) mass is 726 g/mol. The van der Waals surface area contributed by atoms with Crippen LogP contribution < -0.4 is 4.74 Å². The lowest BCUT2D eigenvalue weighted by molar-refractivity contribution is -0.126. The molecule has 0 spiro atoms. The van der Waals surface area contributed by atoms with Crippen LogP contribution in [0.5, 0.6) is 5.75 Å². The summed E-state index contributed by atoms with van der Waals surface area (Å²) in [5, 5.41) is 3.72. The zero-order chi connectivity index (χ0) is 35.9. The second-order valence-electron chi connectivity index (χ2n) is 13.6. The van der Waals surface area contributed by atoms with Crippen LogP contribution in [-0.2, 0) is 40.2 Å². The third-order valence-corrected chi connectivity index (χ3v) is 11.0. The average molecular weight is 727 g/mol. The van der Waals surface area contributed by atoms with Gasteiger partial charge in [-0.1, -0.05) is 18.7 Å². The molecule has 0 saturated heterocycles. The fraction of sp³-hybridized carbons (Fsp3) is 0.333. The third kappa shape index (κ3) is 7.13. The average Bonchev–Trinajstić information content (AvgIpc) is 3.77. The molecule has 0 unspecified atom stereocenters. The van der Waals surface area contributed by atoms with Crippen molar-refractivity contribution in [2.45, 2.75) is 52.3 Å². The van der Waals surface area contributed by atoms with Crippen molar-refractivity contribution in [2.24, 2.45) is 0 Å². The molecule has 2 amide bonds. The van der Waals surface area contributed by atoms with Crippen LogP contribution in [-0.4, -0.2) is 70.8 Å². The number of hydrogen-bond donors (Lipinski definition) is 0. The number of methoxy groups -OCH3 is 1. The number of thiophene rings is 1. The minimum atomic E-state index is -0.563. The topological polar surface area (TPSA) is 94.1 Å². The number of amides is 2. The van der Waals surface area contributed by atoms with E-state index in [1.54, 1.807) is 34.3 Å². The number of benzene rings is 2. The number of ether oxygens (including phenoxy) is 3. The summed E-state index contributed by atoms with van der Waals surface area (Å²) in [6.07, 6.45) is 2.35. The molecule has 2 aromatic carbocycles. The predicted octanol–water partition coefficient (Wildman–Crippen LogP) is 8.28. The molecule has 2 aliphatic rings. The molecule has 264 valence electrons. The molecule has 0 saturated carbocycles. The summed E-state index contributed by atoms with van der Waals surface area (Å²) >= 11 is 3.11. The standard InChI is InChI=1S/C39H39FN4O5S2/c1-6-32(45)43-15-12-29-31(22-43)51-37(41-29)35-33(27-10-9-26(40)20-30(27)48-17-16-47-5)36-28(13-18-50-36)34(42-35)24-7-8-25-21-44(14-11-23(25)19-24)38(46)49-39(2,3)4/h6-10,13,18-20H,1,11-12,14-17,21-22H2,2-5H3. The van der Waals surface area contributed by atoms with Crippen molar-refractivity contribution >= 4 is 44.8 Å². The van der Waals surface area contributed by atoms with Gasteiger partial charge in [-0.25, -0.2) is 19.2 Å². The van der Waals surface area contributed by atoms with E-state index in [4.69, 9.17) is 24.2 Å². The van der Waals surface area contributed by atoms with Crippen LogP contribution in [0.25, 0.3) is 43.2 Å². The van der Waals surface area contributed by atoms with E-state index in [-0.39, 0.29) is 18.6 Å². The largest absolute Gasteiger partial charge is 0.490 e. The van der Waals surface area contributed by atoms with Gasteiger partial charge in [-0.2, -0.15) is 0 Å². The second-order valence-corrected chi connectivity index (χ2v) is 15.6. The van der Waals surface area contributed by atoms with E-state index >= 15 is 0 Å². The van der Waals surface area contributed by atoms with Crippen molar-refractivity contribution in [3.63, 3.8) is 0 Å². The molecule has 0 fully saturated rings. The number of pyridine rings is 1. The molecule has 51 heavy (non-hydrogen) atoms. The Labute approximate surface area is 304 Å². The lowest BCUT2D eigenvalue weighted by atomic mass is 9.94. The van der Waals surface area contributed by atoms with Crippen molar-refractivity contribution in [1.82, 2.24) is 19.8 Å². The minimum Gasteiger partial charge on any atom is -0.490 e. The van der Waals surface area contributed by atoms with Crippen molar-refractivity contribution in [1.29, 1.82) is 0 Å². The molecule has 0 atom stereocenters. The molecule has 12 heteroatoms. The Morgan fingerprint density at radius 3 is 2.59 bits per heavy atom. The van der Waals surface area contributed by atoms with Gasteiger partial charge in [-0.3, -0.25) is 4.79 Å². The quantitative estimate of drug-likeness (QED) is 0.117. The van der Waals surface area contributed by atoms with Crippen LogP contribution in [0.15, 0.2) is 60.5 Å². The maximum atomic E-state index is 14.7. The normalized spacial score (nSPS) is 14.3. The lowest BCUT2D eigenvalue weighted by Gasteiger charge is -2.31. The molecule has 0 aliphatic carbocycles. The highest BCUT2D eigenvalue weighted by Gasteiger charge is 2.29. The highest BCUT2D eigenvalue weighted by atomic mass is 32.1. The van der Waals surface area contributed by atoms with Gasteiger partial charge in [0.25, 0.3) is 0 Å². The van der Waals surface area contributed by atoms with Gasteiger partial charge in [0.1, 0.15) is 34.5 Å². The van der Waals surface area contributed by atoms with Gasteiger partial charge >= 0.3 is 6.09 Å². The molecule has 9 nitrogen and oxygen atoms in total. The number of aromatic nitrogens is 2. The molecular weight excluding hydrogens is 688 g/mol. The number of rotatable bonds is 8. The highest BCUT2D eigenvalue weighted by Crippen LogP contribution is 2.47. The Hall–Kier alpha value is -4.65. The first-order valence-electron chi connectivity index (χ1n) is 16.9. The first-order valence-corrected chi connectivity index (χ1v) is 18.6. The fourth-order valence-electron chi connectivity index (χ4n) is 6.50. The van der Waals surface area contributed by atoms with E-state index in [1.165, 1.54) is 29.5 Å².